The van der Waals surface area contributed by atoms with Crippen molar-refractivity contribution in [1.29, 1.82) is 0 Å². The average molecular weight is 280 g/mol. The summed E-state index contributed by atoms with van der Waals surface area (Å²) in [5.74, 6) is 0. The summed E-state index contributed by atoms with van der Waals surface area (Å²) in [4.78, 5) is 18.9. The van der Waals surface area contributed by atoms with Crippen LogP contribution in [0.5, 0.6) is 0 Å². The first-order valence-electron chi connectivity index (χ1n) is 6.38. The lowest BCUT2D eigenvalue weighted by atomic mass is 10.1. The number of likely N-dealkylation sites (tertiary alicyclic amines) is 1. The lowest BCUT2D eigenvalue weighted by molar-refractivity contribution is 0.0666. The number of β-amino-alcohol motifs (C(OH)–C–C–N with tert-alkyl or cyclic N) is 1. The fourth-order valence-electron chi connectivity index (χ4n) is 2.39. The zero-order chi connectivity index (χ0) is 13.4. The van der Waals surface area contributed by atoms with Crippen LogP contribution in [0.1, 0.15) is 23.5 Å². The molecule has 19 heavy (non-hydrogen) atoms. The highest BCUT2D eigenvalue weighted by Crippen LogP contribution is 2.17. The summed E-state index contributed by atoms with van der Waals surface area (Å²) in [7, 11) is 0. The Labute approximate surface area is 114 Å². The van der Waals surface area contributed by atoms with E-state index in [-0.39, 0.29) is 11.7 Å². The van der Waals surface area contributed by atoms with Gasteiger partial charge in [0.2, 0.25) is 4.96 Å². The topological polar surface area (TPSA) is 70.7 Å². The Bertz CT molecular complexity index is 651. The van der Waals surface area contributed by atoms with Crippen LogP contribution in [0.4, 0.5) is 0 Å². The van der Waals surface area contributed by atoms with E-state index >= 15 is 0 Å². The number of fused-ring (bicyclic) bond motifs is 1. The Morgan fingerprint density at radius 1 is 1.58 bits per heavy atom. The molecule has 1 aliphatic rings. The molecule has 1 aliphatic heterocycles. The summed E-state index contributed by atoms with van der Waals surface area (Å²) >= 11 is 1.44. The monoisotopic (exact) mass is 280 g/mol. The Morgan fingerprint density at radius 3 is 3.21 bits per heavy atom. The first kappa shape index (κ1) is 12.7. The molecule has 0 aliphatic carbocycles. The summed E-state index contributed by atoms with van der Waals surface area (Å²) in [6.07, 6.45) is 1.63. The highest BCUT2D eigenvalue weighted by molar-refractivity contribution is 7.16. The van der Waals surface area contributed by atoms with Gasteiger partial charge >= 0.3 is 0 Å². The van der Waals surface area contributed by atoms with Crippen molar-refractivity contribution >= 4 is 16.3 Å². The van der Waals surface area contributed by atoms with Gasteiger partial charge in [-0.15, -0.1) is 0 Å². The first-order valence-corrected chi connectivity index (χ1v) is 7.20. The predicted octanol–water partition coefficient (Wildman–Crippen LogP) is 0.416. The van der Waals surface area contributed by atoms with Crippen molar-refractivity contribution < 1.29 is 5.11 Å². The zero-order valence-electron chi connectivity index (χ0n) is 10.7. The summed E-state index contributed by atoms with van der Waals surface area (Å²) in [5, 5.41) is 14.8. The number of piperidine rings is 1. The largest absolute Gasteiger partial charge is 0.392 e. The van der Waals surface area contributed by atoms with Crippen LogP contribution in [-0.2, 0) is 6.54 Å². The normalized spacial score (nSPS) is 21.1. The van der Waals surface area contributed by atoms with E-state index in [1.54, 1.807) is 0 Å². The van der Waals surface area contributed by atoms with Gasteiger partial charge in [-0.2, -0.15) is 9.61 Å². The molecule has 0 amide bonds. The molecule has 2 aromatic heterocycles. The van der Waals surface area contributed by atoms with Crippen LogP contribution in [0.2, 0.25) is 0 Å². The maximum absolute atomic E-state index is 11.8. The molecule has 0 aromatic carbocycles. The van der Waals surface area contributed by atoms with Gasteiger partial charge in [0.15, 0.2) is 0 Å². The maximum atomic E-state index is 11.8. The third kappa shape index (κ3) is 2.68. The SMILES string of the molecule is Cc1cc(=O)n2nc(CN3CCCC(O)C3)sc2n1. The van der Waals surface area contributed by atoms with Gasteiger partial charge in [-0.25, -0.2) is 4.98 Å². The van der Waals surface area contributed by atoms with Crippen molar-refractivity contribution in [2.24, 2.45) is 0 Å². The number of aliphatic hydroxyl groups is 1. The molecule has 1 unspecified atom stereocenters. The van der Waals surface area contributed by atoms with Gasteiger partial charge in [0.25, 0.3) is 5.56 Å². The molecule has 0 saturated carbocycles. The lowest BCUT2D eigenvalue weighted by Gasteiger charge is -2.28. The van der Waals surface area contributed by atoms with Gasteiger partial charge in [0.1, 0.15) is 5.01 Å². The Balaban J connectivity index is 1.85. The van der Waals surface area contributed by atoms with E-state index in [0.29, 0.717) is 23.7 Å². The van der Waals surface area contributed by atoms with Crippen LogP contribution >= 0.6 is 11.3 Å². The number of hydrogen-bond donors (Lipinski definition) is 1. The minimum Gasteiger partial charge on any atom is -0.392 e. The average Bonchev–Trinajstić information content (AvgIpc) is 2.71. The summed E-state index contributed by atoms with van der Waals surface area (Å²) in [6, 6.07) is 1.49. The molecule has 0 spiro atoms. The van der Waals surface area contributed by atoms with Gasteiger partial charge in [-0.3, -0.25) is 9.69 Å². The van der Waals surface area contributed by atoms with Gasteiger partial charge in [0.05, 0.1) is 12.6 Å². The molecule has 6 nitrogen and oxygen atoms in total. The number of aromatic nitrogens is 3. The molecule has 1 atom stereocenters. The highest BCUT2D eigenvalue weighted by Gasteiger charge is 2.19. The fourth-order valence-corrected chi connectivity index (χ4v) is 3.38. The number of hydrogen-bond acceptors (Lipinski definition) is 6. The summed E-state index contributed by atoms with van der Waals surface area (Å²) in [5.41, 5.74) is 0.581. The molecule has 1 fully saturated rings. The standard InChI is InChI=1S/C12H16N4O2S/c1-8-5-11(18)16-12(13-8)19-10(14-16)7-15-4-2-3-9(17)6-15/h5,9,17H,2-4,6-7H2,1H3. The Kier molecular flexibility index (Phi) is 3.34. The maximum Gasteiger partial charge on any atom is 0.275 e. The molecule has 3 heterocycles. The van der Waals surface area contributed by atoms with E-state index in [4.69, 9.17) is 0 Å². The van der Waals surface area contributed by atoms with Crippen molar-refractivity contribution in [2.45, 2.75) is 32.4 Å². The van der Waals surface area contributed by atoms with Crippen molar-refractivity contribution in [3.8, 4) is 0 Å². The first-order chi connectivity index (χ1) is 9.11. The van der Waals surface area contributed by atoms with E-state index in [1.165, 1.54) is 21.9 Å². The smallest absolute Gasteiger partial charge is 0.275 e. The van der Waals surface area contributed by atoms with Gasteiger partial charge in [0, 0.05) is 18.3 Å². The molecular formula is C12H16N4O2S. The second-order valence-corrected chi connectivity index (χ2v) is 6.00. The highest BCUT2D eigenvalue weighted by atomic mass is 32.1. The Hall–Kier alpha value is -1.31. The van der Waals surface area contributed by atoms with E-state index in [9.17, 15) is 9.90 Å². The van der Waals surface area contributed by atoms with Gasteiger partial charge < -0.3 is 5.11 Å². The van der Waals surface area contributed by atoms with Crippen molar-refractivity contribution in [3.05, 3.63) is 27.1 Å². The molecule has 3 rings (SSSR count). The molecule has 2 aromatic rings. The van der Waals surface area contributed by atoms with Crippen molar-refractivity contribution in [2.75, 3.05) is 13.1 Å². The summed E-state index contributed by atoms with van der Waals surface area (Å²) in [6.45, 7) is 4.12. The van der Waals surface area contributed by atoms with E-state index in [2.05, 4.69) is 15.0 Å². The zero-order valence-corrected chi connectivity index (χ0v) is 11.6. The number of rotatable bonds is 2. The lowest BCUT2D eigenvalue weighted by Crippen LogP contribution is -2.37. The van der Waals surface area contributed by atoms with E-state index in [1.807, 2.05) is 6.92 Å². The molecular weight excluding hydrogens is 264 g/mol. The number of aliphatic hydroxyl groups excluding tert-OH is 1. The van der Waals surface area contributed by atoms with Crippen LogP contribution in [0.15, 0.2) is 10.9 Å². The minimum atomic E-state index is -0.244. The van der Waals surface area contributed by atoms with E-state index in [0.717, 1.165) is 24.4 Å². The minimum absolute atomic E-state index is 0.135. The number of aryl methyl sites for hydroxylation is 1. The third-order valence-electron chi connectivity index (χ3n) is 3.25. The quantitative estimate of drug-likeness (QED) is 0.863. The molecule has 0 bridgehead atoms. The van der Waals surface area contributed by atoms with Crippen molar-refractivity contribution in [3.63, 3.8) is 0 Å². The molecule has 7 heteroatoms. The van der Waals surface area contributed by atoms with Crippen LogP contribution in [0.25, 0.3) is 4.96 Å². The van der Waals surface area contributed by atoms with Crippen LogP contribution in [0.3, 0.4) is 0 Å². The van der Waals surface area contributed by atoms with Gasteiger partial charge in [-0.05, 0) is 26.3 Å². The predicted molar refractivity (Wildman–Crippen MR) is 72.4 cm³/mol. The second-order valence-electron chi connectivity index (χ2n) is 4.96. The van der Waals surface area contributed by atoms with Crippen LogP contribution < -0.4 is 5.56 Å². The summed E-state index contributed by atoms with van der Waals surface area (Å²) < 4.78 is 1.35. The molecule has 1 saturated heterocycles. The van der Waals surface area contributed by atoms with Crippen molar-refractivity contribution in [1.82, 2.24) is 19.5 Å². The van der Waals surface area contributed by atoms with Gasteiger partial charge in [-0.1, -0.05) is 11.3 Å². The second kappa shape index (κ2) is 4.99. The Morgan fingerprint density at radius 2 is 2.42 bits per heavy atom. The molecule has 102 valence electrons. The number of nitrogens with zero attached hydrogens (tertiary/aromatic N) is 4. The van der Waals surface area contributed by atoms with Crippen LogP contribution in [-0.4, -0.2) is 43.8 Å². The van der Waals surface area contributed by atoms with E-state index < -0.39 is 0 Å². The third-order valence-corrected chi connectivity index (χ3v) is 4.15. The molecule has 1 N–H and O–H groups in total. The molecule has 0 radical (unpaired) electrons. The fraction of sp³-hybridized carbons (Fsp3) is 0.583. The van der Waals surface area contributed by atoms with Crippen LogP contribution in [0, 0.1) is 6.92 Å².